The van der Waals surface area contributed by atoms with Crippen molar-refractivity contribution >= 4 is 65.4 Å². The predicted octanol–water partition coefficient (Wildman–Crippen LogP) is 24.3. The van der Waals surface area contributed by atoms with Crippen molar-refractivity contribution in [1.82, 2.24) is 44.0 Å². The Morgan fingerprint density at radius 1 is 0.179 bits per heavy atom. The van der Waals surface area contributed by atoms with E-state index in [1.807, 2.05) is 66.7 Å². The maximum atomic E-state index is 5.27. The minimum Gasteiger partial charge on any atom is -0.308 e. The van der Waals surface area contributed by atoms with E-state index in [1.165, 1.54) is 22.1 Å². The highest BCUT2D eigenvalue weighted by molar-refractivity contribution is 6.24. The van der Waals surface area contributed by atoms with Gasteiger partial charge in [0.25, 0.3) is 0 Å². The second-order valence-corrected chi connectivity index (χ2v) is 26.3. The van der Waals surface area contributed by atoms with E-state index in [0.717, 1.165) is 144 Å². The summed E-state index contributed by atoms with van der Waals surface area (Å²) >= 11 is 0. The van der Waals surface area contributed by atoms with Crippen LogP contribution in [0.4, 0.5) is 0 Å². The smallest absolute Gasteiger partial charge is 0.164 e. The molecule has 0 radical (unpaired) electrons. The van der Waals surface area contributed by atoms with E-state index >= 15 is 0 Å². The molecule has 0 saturated carbocycles. The second kappa shape index (κ2) is 27.2. The Kier molecular flexibility index (Phi) is 16.0. The Hall–Kier alpha value is -14.4. The van der Waals surface area contributed by atoms with Crippen LogP contribution in [0.1, 0.15) is 0 Å². The lowest BCUT2D eigenvalue weighted by Gasteiger charge is -2.14. The highest BCUT2D eigenvalue weighted by atomic mass is 15.0. The fourth-order valence-corrected chi connectivity index (χ4v) is 14.8. The number of aromatic nitrogens is 9. The first-order valence-electron chi connectivity index (χ1n) is 35.6. The van der Waals surface area contributed by atoms with Gasteiger partial charge in [0.05, 0.1) is 55.9 Å². The summed E-state index contributed by atoms with van der Waals surface area (Å²) in [5, 5.41) is 6.79. The van der Waals surface area contributed by atoms with Gasteiger partial charge in [0.15, 0.2) is 23.3 Å². The van der Waals surface area contributed by atoms with Crippen LogP contribution in [0.15, 0.2) is 382 Å². The van der Waals surface area contributed by atoms with Crippen LogP contribution in [0.25, 0.3) is 190 Å². The Morgan fingerprint density at radius 3 is 0.915 bits per heavy atom. The van der Waals surface area contributed by atoms with Crippen LogP contribution in [0.5, 0.6) is 0 Å². The molecule has 0 atom stereocenters. The van der Waals surface area contributed by atoms with Crippen molar-refractivity contribution in [3.8, 4) is 124 Å². The molecule has 0 spiro atoms. The zero-order chi connectivity index (χ0) is 70.3. The Labute approximate surface area is 612 Å². The summed E-state index contributed by atoms with van der Waals surface area (Å²) in [6.07, 6.45) is 0. The van der Waals surface area contributed by atoms with Crippen molar-refractivity contribution in [2.24, 2.45) is 0 Å². The average molecular weight is 1350 g/mol. The van der Waals surface area contributed by atoms with Gasteiger partial charge in [-0.1, -0.05) is 328 Å². The number of hydrogen-bond acceptors (Lipinski definition) is 7. The first-order chi connectivity index (χ1) is 52.6. The minimum atomic E-state index is 0.611. The maximum Gasteiger partial charge on any atom is 0.164 e. The Balaban J connectivity index is 0.000000145. The van der Waals surface area contributed by atoms with Crippen LogP contribution < -0.4 is 0 Å². The molecule has 6 heterocycles. The average Bonchev–Trinajstić information content (AvgIpc) is 1.56. The van der Waals surface area contributed by atoms with Crippen LogP contribution >= 0.6 is 0 Å². The van der Waals surface area contributed by atoms with Gasteiger partial charge in [-0.2, -0.15) is 0 Å². The topological polar surface area (TPSA) is 100 Å². The van der Waals surface area contributed by atoms with E-state index in [0.29, 0.717) is 23.3 Å². The number of rotatable bonds is 12. The highest BCUT2D eigenvalue weighted by Crippen LogP contribution is 2.44. The fourth-order valence-electron chi connectivity index (χ4n) is 14.8. The van der Waals surface area contributed by atoms with Crippen molar-refractivity contribution in [2.45, 2.75) is 0 Å². The van der Waals surface area contributed by atoms with Crippen LogP contribution in [0.3, 0.4) is 0 Å². The van der Waals surface area contributed by atoms with Gasteiger partial charge in [-0.3, -0.25) is 0 Å². The van der Waals surface area contributed by atoms with E-state index in [-0.39, 0.29) is 0 Å². The van der Waals surface area contributed by atoms with Crippen molar-refractivity contribution in [3.63, 3.8) is 0 Å². The van der Waals surface area contributed by atoms with Crippen molar-refractivity contribution in [1.29, 1.82) is 0 Å². The number of benzene rings is 14. The van der Waals surface area contributed by atoms with Gasteiger partial charge in [-0.15, -0.1) is 0 Å². The lowest BCUT2D eigenvalue weighted by atomic mass is 10.0. The summed E-state index contributed by atoms with van der Waals surface area (Å²) in [5.41, 5.74) is 24.8. The molecule has 0 amide bonds. The van der Waals surface area contributed by atoms with Crippen molar-refractivity contribution in [2.75, 3.05) is 0 Å². The van der Waals surface area contributed by atoms with E-state index in [4.69, 9.17) is 34.9 Å². The number of pyridine rings is 2. The third kappa shape index (κ3) is 11.7. The normalized spacial score (nSPS) is 11.4. The van der Waals surface area contributed by atoms with E-state index in [9.17, 15) is 0 Å². The molecule has 0 saturated heterocycles. The molecular formula is C97H63N9. The summed E-state index contributed by atoms with van der Waals surface area (Å²) in [6, 6.07) is 133. The highest BCUT2D eigenvalue weighted by Gasteiger charge is 2.24. The van der Waals surface area contributed by atoms with E-state index < -0.39 is 0 Å². The zero-order valence-corrected chi connectivity index (χ0v) is 57.4. The molecule has 9 nitrogen and oxygen atoms in total. The largest absolute Gasteiger partial charge is 0.308 e. The summed E-state index contributed by atoms with van der Waals surface area (Å²) in [6.45, 7) is 0. The predicted molar refractivity (Wildman–Crippen MR) is 435 cm³/mol. The van der Waals surface area contributed by atoms with Gasteiger partial charge < -0.3 is 9.13 Å². The fraction of sp³-hybridized carbons (Fsp3) is 0. The molecule has 0 aliphatic rings. The molecule has 0 bridgehead atoms. The third-order valence-corrected chi connectivity index (χ3v) is 19.8. The molecule has 6 aromatic heterocycles. The lowest BCUT2D eigenvalue weighted by Crippen LogP contribution is -2.01. The Morgan fingerprint density at radius 2 is 0.472 bits per heavy atom. The summed E-state index contributed by atoms with van der Waals surface area (Å²) in [5.74, 6) is 2.56. The number of hydrogen-bond donors (Lipinski definition) is 0. The molecule has 106 heavy (non-hydrogen) atoms. The van der Waals surface area contributed by atoms with Crippen LogP contribution in [0.2, 0.25) is 0 Å². The number of nitrogens with zero attached hydrogens (tertiary/aromatic N) is 9. The standard InChI is InChI=1S/C49H32N4.C48H31N5/c1-4-15-33(16-5-1)34-27-29-35(30-28-34)43-32-44(52-49(51-43)37-19-8-3-9-20-37)38-21-14-22-39(31-38)53-45-26-13-11-24-41(45)46-47(36-17-6-2-7-18-36)50-42-25-12-10-23-40(42)48(46)53;1-4-15-32(16-5-1)33-27-29-36(30-28-33)47-50-46(35-19-8-3-9-20-35)51-48(52-47)37-21-14-22-38(31-37)53-42-26-13-11-24-40(42)43-44(34-17-6-2-7-18-34)49-41-25-12-10-23-39(41)45(43)53/h1-32H;1-31H. The molecule has 20 aromatic rings. The number of para-hydroxylation sites is 4. The number of fused-ring (bicyclic) bond motifs is 10. The zero-order valence-electron chi connectivity index (χ0n) is 57.4. The first kappa shape index (κ1) is 62.6. The van der Waals surface area contributed by atoms with Gasteiger partial charge in [-0.05, 0) is 76.9 Å². The molecule has 9 heteroatoms. The van der Waals surface area contributed by atoms with Crippen LogP contribution in [-0.4, -0.2) is 44.0 Å². The summed E-state index contributed by atoms with van der Waals surface area (Å²) < 4.78 is 4.76. The first-order valence-corrected chi connectivity index (χ1v) is 35.6. The van der Waals surface area contributed by atoms with Crippen molar-refractivity contribution in [3.05, 3.63) is 382 Å². The molecule has 0 fully saturated rings. The summed E-state index contributed by atoms with van der Waals surface area (Å²) in [4.78, 5) is 36.0. The quantitative estimate of drug-likeness (QED) is 0.120. The van der Waals surface area contributed by atoms with E-state index in [2.05, 4.69) is 325 Å². The molecular weight excluding hydrogens is 1290 g/mol. The van der Waals surface area contributed by atoms with Gasteiger partial charge in [0, 0.05) is 88.2 Å². The molecule has 0 aliphatic carbocycles. The van der Waals surface area contributed by atoms with Gasteiger partial charge >= 0.3 is 0 Å². The van der Waals surface area contributed by atoms with Gasteiger partial charge in [0.2, 0.25) is 0 Å². The third-order valence-electron chi connectivity index (χ3n) is 19.8. The Bertz CT molecular complexity index is 6240. The molecule has 14 aromatic carbocycles. The molecule has 0 unspecified atom stereocenters. The molecule has 20 rings (SSSR count). The molecule has 0 N–H and O–H groups in total. The SMILES string of the molecule is c1ccc(-c2ccc(-c3cc(-c4cccc(-n5c6ccccc6c6c(-c7ccccc7)nc7ccccc7c65)c4)nc(-c4ccccc4)n3)cc2)cc1.c1ccc(-c2ccc(-c3nc(-c4ccccc4)nc(-c4cccc(-n5c6ccccc6c6c(-c7ccccc7)nc7ccccc7c65)c4)n3)cc2)cc1. The minimum absolute atomic E-state index is 0.611. The van der Waals surface area contributed by atoms with Crippen LogP contribution in [-0.2, 0) is 0 Å². The molecule has 0 aliphatic heterocycles. The van der Waals surface area contributed by atoms with Crippen molar-refractivity contribution < 1.29 is 0 Å². The van der Waals surface area contributed by atoms with Gasteiger partial charge in [-0.25, -0.2) is 34.9 Å². The van der Waals surface area contributed by atoms with Gasteiger partial charge in [0.1, 0.15) is 0 Å². The monoisotopic (exact) mass is 1350 g/mol. The summed E-state index contributed by atoms with van der Waals surface area (Å²) in [7, 11) is 0. The maximum absolute atomic E-state index is 5.27. The van der Waals surface area contributed by atoms with Crippen LogP contribution in [0, 0.1) is 0 Å². The second-order valence-electron chi connectivity index (χ2n) is 26.3. The van der Waals surface area contributed by atoms with E-state index in [1.54, 1.807) is 0 Å². The lowest BCUT2D eigenvalue weighted by molar-refractivity contribution is 1.07. The molecule has 496 valence electrons.